The number of hydrogen-bond donors (Lipinski definition) is 3. The average molecular weight is 672 g/mol. The SMILES string of the molecule is CC(C)c1cncc(N(C)C[C@@H](O)[C@H](Cc2ccccc2)NC(=O)c2cc(C(=O)N[C@H](C)c3ccccc3)cc(N(C)S(C)(=O)=O)c2)c1. The van der Waals surface area contributed by atoms with Crippen molar-refractivity contribution in [1.29, 1.82) is 0 Å². The molecule has 3 atom stereocenters. The highest BCUT2D eigenvalue weighted by molar-refractivity contribution is 7.92. The Hall–Kier alpha value is -4.74. The van der Waals surface area contributed by atoms with Crippen LogP contribution in [0.3, 0.4) is 0 Å². The molecule has 1 heterocycles. The van der Waals surface area contributed by atoms with Gasteiger partial charge in [0.05, 0.1) is 42.0 Å². The first kappa shape index (κ1) is 36.1. The molecule has 10 nitrogen and oxygen atoms in total. The maximum atomic E-state index is 13.9. The second kappa shape index (κ2) is 15.9. The number of carbonyl (C=O) groups is 2. The van der Waals surface area contributed by atoms with Crippen LogP contribution in [0, 0.1) is 0 Å². The number of benzene rings is 3. The molecule has 0 unspecified atom stereocenters. The molecule has 2 amide bonds. The van der Waals surface area contributed by atoms with Gasteiger partial charge >= 0.3 is 0 Å². The summed E-state index contributed by atoms with van der Waals surface area (Å²) in [6, 6.07) is 24.2. The number of nitrogens with one attached hydrogen (secondary N) is 2. The van der Waals surface area contributed by atoms with Crippen LogP contribution < -0.4 is 19.8 Å². The van der Waals surface area contributed by atoms with Crippen molar-refractivity contribution in [2.75, 3.05) is 36.1 Å². The Bertz CT molecular complexity index is 1800. The van der Waals surface area contributed by atoms with Gasteiger partial charge in [0.15, 0.2) is 0 Å². The second-order valence-corrected chi connectivity index (χ2v) is 14.5. The van der Waals surface area contributed by atoms with E-state index in [4.69, 9.17) is 0 Å². The summed E-state index contributed by atoms with van der Waals surface area (Å²) >= 11 is 0. The predicted octanol–water partition coefficient (Wildman–Crippen LogP) is 4.93. The van der Waals surface area contributed by atoms with Crippen molar-refractivity contribution in [1.82, 2.24) is 15.6 Å². The number of likely N-dealkylation sites (N-methyl/N-ethyl adjacent to an activating group) is 1. The highest BCUT2D eigenvalue weighted by Gasteiger charge is 2.26. The maximum absolute atomic E-state index is 13.9. The van der Waals surface area contributed by atoms with Gasteiger partial charge in [-0.1, -0.05) is 74.5 Å². The van der Waals surface area contributed by atoms with E-state index in [1.54, 1.807) is 6.20 Å². The summed E-state index contributed by atoms with van der Waals surface area (Å²) in [6.45, 7) is 6.21. The van der Waals surface area contributed by atoms with Crippen LogP contribution in [0.5, 0.6) is 0 Å². The lowest BCUT2D eigenvalue weighted by atomic mass is 9.99. The number of rotatable bonds is 14. The topological polar surface area (TPSA) is 132 Å². The summed E-state index contributed by atoms with van der Waals surface area (Å²) in [4.78, 5) is 33.6. The van der Waals surface area contributed by atoms with Crippen LogP contribution in [-0.4, -0.2) is 69.4 Å². The van der Waals surface area contributed by atoms with Crippen molar-refractivity contribution in [3.8, 4) is 0 Å². The Labute approximate surface area is 283 Å². The molecule has 48 heavy (non-hydrogen) atoms. The number of hydrogen-bond acceptors (Lipinski definition) is 7. The molecule has 11 heteroatoms. The zero-order chi connectivity index (χ0) is 35.0. The van der Waals surface area contributed by atoms with Crippen molar-refractivity contribution < 1.29 is 23.1 Å². The molecule has 3 N–H and O–H groups in total. The van der Waals surface area contributed by atoms with E-state index in [-0.39, 0.29) is 35.3 Å². The van der Waals surface area contributed by atoms with Gasteiger partial charge in [0, 0.05) is 38.0 Å². The molecule has 254 valence electrons. The Balaban J connectivity index is 1.63. The molecule has 0 spiro atoms. The number of aliphatic hydroxyl groups is 1. The number of anilines is 2. The van der Waals surface area contributed by atoms with Crippen molar-refractivity contribution in [3.63, 3.8) is 0 Å². The predicted molar refractivity (Wildman–Crippen MR) is 191 cm³/mol. The number of aliphatic hydroxyl groups excluding tert-OH is 1. The molecule has 0 saturated heterocycles. The van der Waals surface area contributed by atoms with Crippen molar-refractivity contribution in [2.24, 2.45) is 0 Å². The molecule has 0 aliphatic heterocycles. The van der Waals surface area contributed by atoms with E-state index in [9.17, 15) is 23.1 Å². The molecule has 4 aromatic rings. The Morgan fingerprint density at radius 1 is 0.792 bits per heavy atom. The summed E-state index contributed by atoms with van der Waals surface area (Å²) in [6.07, 6.45) is 3.93. The molecular formula is C37H45N5O5S. The third-order valence-corrected chi connectivity index (χ3v) is 9.55. The lowest BCUT2D eigenvalue weighted by molar-refractivity contribution is 0.0843. The fraction of sp³-hybridized carbons (Fsp3) is 0.324. The first-order valence-corrected chi connectivity index (χ1v) is 17.7. The minimum Gasteiger partial charge on any atom is -0.389 e. The zero-order valence-corrected chi connectivity index (χ0v) is 29.1. The fourth-order valence-corrected chi connectivity index (χ4v) is 5.73. The van der Waals surface area contributed by atoms with Gasteiger partial charge < -0.3 is 20.6 Å². The number of aromatic nitrogens is 1. The van der Waals surface area contributed by atoms with Crippen molar-refractivity contribution in [3.05, 3.63) is 125 Å². The summed E-state index contributed by atoms with van der Waals surface area (Å²) in [5, 5.41) is 17.5. The van der Waals surface area contributed by atoms with E-state index < -0.39 is 34.0 Å². The minimum absolute atomic E-state index is 0.0768. The Kier molecular flexibility index (Phi) is 12.0. The minimum atomic E-state index is -3.71. The largest absolute Gasteiger partial charge is 0.389 e. The summed E-state index contributed by atoms with van der Waals surface area (Å²) in [5.74, 6) is -0.745. The second-order valence-electron chi connectivity index (χ2n) is 12.5. The van der Waals surface area contributed by atoms with Gasteiger partial charge in [0.25, 0.3) is 11.8 Å². The standard InChI is InChI=1S/C37H45N5O5S/c1-25(2)31-21-33(23-38-22-31)41(4)24-35(43)34(17-27-13-9-7-10-14-27)40-37(45)30-18-29(19-32(20-30)42(5)48(6,46)47)36(44)39-26(3)28-15-11-8-12-16-28/h7-16,18-23,25-26,34-35,43H,17,24H2,1-6H3,(H,39,44)(H,40,45)/t26-,34+,35-/m1/s1. The molecule has 0 saturated carbocycles. The van der Waals surface area contributed by atoms with Crippen molar-refractivity contribution >= 4 is 33.2 Å². The van der Waals surface area contributed by atoms with E-state index in [1.165, 1.54) is 25.2 Å². The van der Waals surface area contributed by atoms with Crippen LogP contribution in [0.4, 0.5) is 11.4 Å². The van der Waals surface area contributed by atoms with Crippen LogP contribution in [0.1, 0.15) is 70.1 Å². The average Bonchev–Trinajstić information content (AvgIpc) is 3.07. The maximum Gasteiger partial charge on any atom is 0.251 e. The Morgan fingerprint density at radius 2 is 1.38 bits per heavy atom. The Morgan fingerprint density at radius 3 is 1.96 bits per heavy atom. The summed E-state index contributed by atoms with van der Waals surface area (Å²) in [7, 11) is -0.492. The number of amides is 2. The van der Waals surface area contributed by atoms with Gasteiger partial charge in [0.1, 0.15) is 0 Å². The van der Waals surface area contributed by atoms with E-state index >= 15 is 0 Å². The first-order valence-electron chi connectivity index (χ1n) is 15.9. The summed E-state index contributed by atoms with van der Waals surface area (Å²) in [5.41, 5.74) is 4.06. The van der Waals surface area contributed by atoms with E-state index in [1.807, 2.05) is 91.8 Å². The molecule has 3 aromatic carbocycles. The third-order valence-electron chi connectivity index (χ3n) is 8.34. The van der Waals surface area contributed by atoms with Crippen LogP contribution in [-0.2, 0) is 16.4 Å². The molecule has 0 radical (unpaired) electrons. The van der Waals surface area contributed by atoms with E-state index in [0.29, 0.717) is 6.42 Å². The molecule has 4 rings (SSSR count). The number of nitrogens with zero attached hydrogens (tertiary/aromatic N) is 3. The van der Waals surface area contributed by atoms with Gasteiger partial charge in [0.2, 0.25) is 10.0 Å². The highest BCUT2D eigenvalue weighted by atomic mass is 32.2. The number of carbonyl (C=O) groups excluding carboxylic acids is 2. The number of pyridine rings is 1. The molecular weight excluding hydrogens is 627 g/mol. The van der Waals surface area contributed by atoms with E-state index in [0.717, 1.165) is 32.9 Å². The van der Waals surface area contributed by atoms with Crippen LogP contribution in [0.15, 0.2) is 97.3 Å². The van der Waals surface area contributed by atoms with E-state index in [2.05, 4.69) is 29.5 Å². The van der Waals surface area contributed by atoms with Crippen LogP contribution in [0.25, 0.3) is 0 Å². The van der Waals surface area contributed by atoms with Gasteiger partial charge in [-0.3, -0.25) is 18.9 Å². The van der Waals surface area contributed by atoms with Gasteiger partial charge in [-0.25, -0.2) is 8.42 Å². The fourth-order valence-electron chi connectivity index (χ4n) is 5.24. The molecule has 0 fully saturated rings. The van der Waals surface area contributed by atoms with Gasteiger partial charge in [-0.15, -0.1) is 0 Å². The quantitative estimate of drug-likeness (QED) is 0.173. The smallest absolute Gasteiger partial charge is 0.251 e. The monoisotopic (exact) mass is 671 g/mol. The first-order chi connectivity index (χ1) is 22.7. The summed E-state index contributed by atoms with van der Waals surface area (Å²) < 4.78 is 26.0. The molecule has 0 aliphatic rings. The normalized spacial score (nSPS) is 13.3. The van der Waals surface area contributed by atoms with Crippen molar-refractivity contribution in [2.45, 2.75) is 51.3 Å². The number of sulfonamides is 1. The molecule has 1 aromatic heterocycles. The zero-order valence-electron chi connectivity index (χ0n) is 28.3. The molecule has 0 bridgehead atoms. The third kappa shape index (κ3) is 9.65. The van der Waals surface area contributed by atoms with Crippen LogP contribution >= 0.6 is 0 Å². The molecule has 0 aliphatic carbocycles. The van der Waals surface area contributed by atoms with Gasteiger partial charge in [-0.2, -0.15) is 0 Å². The van der Waals surface area contributed by atoms with Crippen LogP contribution in [0.2, 0.25) is 0 Å². The lowest BCUT2D eigenvalue weighted by Gasteiger charge is -2.29. The van der Waals surface area contributed by atoms with Gasteiger partial charge in [-0.05, 0) is 60.2 Å². The lowest BCUT2D eigenvalue weighted by Crippen LogP contribution is -2.49. The highest BCUT2D eigenvalue weighted by Crippen LogP contribution is 2.23.